The van der Waals surface area contributed by atoms with E-state index in [1.165, 1.54) is 5.56 Å². The third kappa shape index (κ3) is 1.76. The van der Waals surface area contributed by atoms with E-state index in [0.29, 0.717) is 0 Å². The molecule has 3 rings (SSSR count). The van der Waals surface area contributed by atoms with Crippen LogP contribution < -0.4 is 0 Å². The molecule has 0 amide bonds. The number of aliphatic hydroxyl groups is 1. The van der Waals surface area contributed by atoms with E-state index >= 15 is 0 Å². The highest BCUT2D eigenvalue weighted by atomic mass is 16.5. The van der Waals surface area contributed by atoms with Gasteiger partial charge in [-0.25, -0.2) is 0 Å². The van der Waals surface area contributed by atoms with Crippen molar-refractivity contribution in [2.24, 2.45) is 0 Å². The van der Waals surface area contributed by atoms with Crippen LogP contribution in [0.15, 0.2) is 24.3 Å². The summed E-state index contributed by atoms with van der Waals surface area (Å²) < 4.78 is 5.53. The zero-order valence-electron chi connectivity index (χ0n) is 9.70. The van der Waals surface area contributed by atoms with Gasteiger partial charge in [0.2, 0.25) is 0 Å². The van der Waals surface area contributed by atoms with E-state index in [2.05, 4.69) is 12.1 Å². The Morgan fingerprint density at radius 2 is 2.00 bits per heavy atom. The molecule has 2 aliphatic rings. The Bertz CT molecular complexity index is 403. The van der Waals surface area contributed by atoms with Crippen LogP contribution in [0.1, 0.15) is 36.8 Å². The van der Waals surface area contributed by atoms with Crippen LogP contribution >= 0.6 is 0 Å². The first-order valence-electron chi connectivity index (χ1n) is 6.03. The monoisotopic (exact) mass is 218 g/mol. The molecule has 0 radical (unpaired) electrons. The molecule has 16 heavy (non-hydrogen) atoms. The van der Waals surface area contributed by atoms with Crippen molar-refractivity contribution in [3.63, 3.8) is 0 Å². The van der Waals surface area contributed by atoms with Crippen molar-refractivity contribution in [3.8, 4) is 0 Å². The molecule has 0 aromatic heterocycles. The van der Waals surface area contributed by atoms with Gasteiger partial charge in [0.1, 0.15) is 0 Å². The number of ether oxygens (including phenoxy) is 1. The molecule has 2 aliphatic carbocycles. The van der Waals surface area contributed by atoms with Crippen LogP contribution in [-0.4, -0.2) is 17.8 Å². The van der Waals surface area contributed by atoms with Gasteiger partial charge in [0.05, 0.1) is 11.2 Å². The van der Waals surface area contributed by atoms with Gasteiger partial charge in [0, 0.05) is 13.5 Å². The summed E-state index contributed by atoms with van der Waals surface area (Å²) >= 11 is 0. The van der Waals surface area contributed by atoms with Crippen molar-refractivity contribution < 1.29 is 9.84 Å². The zero-order chi connectivity index (χ0) is 11.2. The minimum atomic E-state index is -0.514. The molecule has 0 unspecified atom stereocenters. The lowest BCUT2D eigenvalue weighted by molar-refractivity contribution is 0.0806. The van der Waals surface area contributed by atoms with Crippen LogP contribution in [0.4, 0.5) is 0 Å². The smallest absolute Gasteiger partial charge is 0.0899 e. The second kappa shape index (κ2) is 3.31. The van der Waals surface area contributed by atoms with Gasteiger partial charge in [0.25, 0.3) is 0 Å². The first-order chi connectivity index (χ1) is 7.66. The third-order valence-corrected chi connectivity index (χ3v) is 3.95. The van der Waals surface area contributed by atoms with E-state index in [1.54, 1.807) is 7.11 Å². The molecule has 2 nitrogen and oxygen atoms in total. The molecular formula is C14H18O2. The van der Waals surface area contributed by atoms with Crippen molar-refractivity contribution in [1.82, 2.24) is 0 Å². The normalized spacial score (nSPS) is 24.1. The quantitative estimate of drug-likeness (QED) is 0.840. The summed E-state index contributed by atoms with van der Waals surface area (Å²) in [7, 11) is 1.80. The summed E-state index contributed by atoms with van der Waals surface area (Å²) in [5.74, 6) is 0. The Kier molecular flexibility index (Phi) is 2.13. The second-order valence-corrected chi connectivity index (χ2v) is 5.30. The van der Waals surface area contributed by atoms with Crippen molar-refractivity contribution in [2.75, 3.05) is 7.11 Å². The Labute approximate surface area is 96.2 Å². The number of rotatable bonds is 4. The molecule has 0 saturated heterocycles. The molecule has 0 aliphatic heterocycles. The predicted octanol–water partition coefficient (Wildman–Crippen LogP) is 2.39. The van der Waals surface area contributed by atoms with Gasteiger partial charge in [-0.1, -0.05) is 24.3 Å². The fourth-order valence-electron chi connectivity index (χ4n) is 2.34. The highest BCUT2D eigenvalue weighted by Crippen LogP contribution is 2.46. The fraction of sp³-hybridized carbons (Fsp3) is 0.571. The molecule has 1 aromatic rings. The van der Waals surface area contributed by atoms with E-state index in [-0.39, 0.29) is 5.60 Å². The van der Waals surface area contributed by atoms with E-state index in [0.717, 1.165) is 37.7 Å². The summed E-state index contributed by atoms with van der Waals surface area (Å²) in [6.07, 6.45) is 5.13. The van der Waals surface area contributed by atoms with Gasteiger partial charge in [0.15, 0.2) is 0 Å². The molecule has 2 saturated carbocycles. The molecule has 1 N–H and O–H groups in total. The van der Waals surface area contributed by atoms with E-state index in [4.69, 9.17) is 4.74 Å². The summed E-state index contributed by atoms with van der Waals surface area (Å²) in [6.45, 7) is 0. The Morgan fingerprint density at radius 3 is 2.56 bits per heavy atom. The highest BCUT2D eigenvalue weighted by Gasteiger charge is 2.44. The van der Waals surface area contributed by atoms with Crippen LogP contribution in [0.25, 0.3) is 0 Å². The van der Waals surface area contributed by atoms with E-state index < -0.39 is 5.60 Å². The molecule has 0 bridgehead atoms. The molecule has 86 valence electrons. The lowest BCUT2D eigenvalue weighted by Gasteiger charge is -2.15. The lowest BCUT2D eigenvalue weighted by atomic mass is 10.00. The SMILES string of the molecule is COC1(Cc2cccc(C3(O)CC3)c2)CC1. The third-order valence-electron chi connectivity index (χ3n) is 3.95. The fourth-order valence-corrected chi connectivity index (χ4v) is 2.34. The maximum Gasteiger partial charge on any atom is 0.0899 e. The summed E-state index contributed by atoms with van der Waals surface area (Å²) in [5, 5.41) is 10.1. The molecule has 1 aromatic carbocycles. The van der Waals surface area contributed by atoms with Crippen LogP contribution in [0.2, 0.25) is 0 Å². The maximum absolute atomic E-state index is 10.1. The minimum absolute atomic E-state index is 0.102. The van der Waals surface area contributed by atoms with Crippen LogP contribution in [0, 0.1) is 0 Å². The lowest BCUT2D eigenvalue weighted by Crippen LogP contribution is -2.15. The Balaban J connectivity index is 1.80. The standard InChI is InChI=1S/C14H18O2/c1-16-13(5-6-13)10-11-3-2-4-12(9-11)14(15)7-8-14/h2-4,9,15H,5-8,10H2,1H3. The first kappa shape index (κ1) is 10.3. The zero-order valence-corrected chi connectivity index (χ0v) is 9.70. The van der Waals surface area contributed by atoms with Crippen LogP contribution in [0.3, 0.4) is 0 Å². The van der Waals surface area contributed by atoms with Gasteiger partial charge in [-0.05, 0) is 36.8 Å². The van der Waals surface area contributed by atoms with Gasteiger partial charge < -0.3 is 9.84 Å². The average Bonchev–Trinajstić information content (AvgIpc) is 3.19. The van der Waals surface area contributed by atoms with Gasteiger partial charge in [-0.2, -0.15) is 0 Å². The van der Waals surface area contributed by atoms with Crippen LogP contribution in [-0.2, 0) is 16.8 Å². The molecule has 2 fully saturated rings. The van der Waals surface area contributed by atoms with E-state index in [1.807, 2.05) is 12.1 Å². The average molecular weight is 218 g/mol. The molecule has 0 spiro atoms. The number of benzene rings is 1. The molecule has 0 heterocycles. The number of hydrogen-bond acceptors (Lipinski definition) is 2. The van der Waals surface area contributed by atoms with Crippen molar-refractivity contribution in [2.45, 2.75) is 43.3 Å². The Hall–Kier alpha value is -0.860. The predicted molar refractivity (Wildman–Crippen MR) is 62.3 cm³/mol. The first-order valence-corrected chi connectivity index (χ1v) is 6.03. The maximum atomic E-state index is 10.1. The van der Waals surface area contributed by atoms with Crippen LogP contribution in [0.5, 0.6) is 0 Å². The van der Waals surface area contributed by atoms with Gasteiger partial charge >= 0.3 is 0 Å². The van der Waals surface area contributed by atoms with Crippen molar-refractivity contribution in [3.05, 3.63) is 35.4 Å². The number of methoxy groups -OCH3 is 1. The summed E-state index contributed by atoms with van der Waals surface area (Å²) in [4.78, 5) is 0. The largest absolute Gasteiger partial charge is 0.385 e. The highest BCUT2D eigenvalue weighted by molar-refractivity contribution is 5.33. The van der Waals surface area contributed by atoms with Crippen molar-refractivity contribution in [1.29, 1.82) is 0 Å². The van der Waals surface area contributed by atoms with Crippen molar-refractivity contribution >= 4 is 0 Å². The molecular weight excluding hydrogens is 200 g/mol. The van der Waals surface area contributed by atoms with Gasteiger partial charge in [-0.15, -0.1) is 0 Å². The minimum Gasteiger partial charge on any atom is -0.385 e. The van der Waals surface area contributed by atoms with Gasteiger partial charge in [-0.3, -0.25) is 0 Å². The second-order valence-electron chi connectivity index (χ2n) is 5.30. The summed E-state index contributed by atoms with van der Waals surface area (Å²) in [5.41, 5.74) is 1.96. The number of hydrogen-bond donors (Lipinski definition) is 1. The molecule has 0 atom stereocenters. The topological polar surface area (TPSA) is 29.5 Å². The van der Waals surface area contributed by atoms with E-state index in [9.17, 15) is 5.11 Å². The summed E-state index contributed by atoms with van der Waals surface area (Å²) in [6, 6.07) is 8.36. The molecule has 2 heteroatoms. The Morgan fingerprint density at radius 1 is 1.25 bits per heavy atom.